The zero-order chi connectivity index (χ0) is 16.9. The van der Waals surface area contributed by atoms with Gasteiger partial charge in [0.15, 0.2) is 6.04 Å². The minimum absolute atomic E-state index is 0.0762. The van der Waals surface area contributed by atoms with E-state index in [1.807, 2.05) is 18.2 Å². The molecule has 1 aromatic carbocycles. The molecule has 2 heterocycles. The fraction of sp³-hybridized carbons (Fsp3) is 0.471. The lowest BCUT2D eigenvalue weighted by Gasteiger charge is -2.32. The van der Waals surface area contributed by atoms with Crippen molar-refractivity contribution in [2.45, 2.75) is 31.7 Å². The second-order valence-electron chi connectivity index (χ2n) is 5.80. The number of hydrogen-bond donors (Lipinski definition) is 1. The molecule has 128 valence electrons. The molecule has 0 aliphatic carbocycles. The first kappa shape index (κ1) is 16.9. The van der Waals surface area contributed by atoms with E-state index in [1.165, 1.54) is 9.60 Å². The molecule has 0 unspecified atom stereocenters. The Morgan fingerprint density at radius 1 is 1.33 bits per heavy atom. The average Bonchev–Trinajstić information content (AvgIpc) is 3.01. The van der Waals surface area contributed by atoms with Crippen LogP contribution in [0.2, 0.25) is 0 Å². The van der Waals surface area contributed by atoms with E-state index >= 15 is 0 Å². The highest BCUT2D eigenvalue weighted by atomic mass is 32.1. The SMILES string of the molecule is O=C(O)[C@@H]1COCCN1C(=O)CCCCc1nc2ccccc2s1. The van der Waals surface area contributed by atoms with E-state index in [-0.39, 0.29) is 12.5 Å². The van der Waals surface area contributed by atoms with Gasteiger partial charge in [-0.05, 0) is 31.4 Å². The molecule has 6 nitrogen and oxygen atoms in total. The van der Waals surface area contributed by atoms with E-state index in [0.29, 0.717) is 19.6 Å². The standard InChI is InChI=1S/C17H20N2O4S/c20-16(19-9-10-23-11-13(19)17(21)22)8-4-3-7-15-18-12-5-1-2-6-14(12)24-15/h1-2,5-6,13H,3-4,7-11H2,(H,21,22)/t13-/m0/s1. The van der Waals surface area contributed by atoms with E-state index in [0.717, 1.165) is 29.8 Å². The van der Waals surface area contributed by atoms with Crippen molar-refractivity contribution in [1.82, 2.24) is 9.88 Å². The molecule has 1 aromatic heterocycles. The molecule has 1 N–H and O–H groups in total. The van der Waals surface area contributed by atoms with Gasteiger partial charge in [-0.15, -0.1) is 11.3 Å². The number of aromatic nitrogens is 1. The summed E-state index contributed by atoms with van der Waals surface area (Å²) < 4.78 is 6.34. The third-order valence-electron chi connectivity index (χ3n) is 4.10. The van der Waals surface area contributed by atoms with Crippen molar-refractivity contribution in [2.24, 2.45) is 0 Å². The summed E-state index contributed by atoms with van der Waals surface area (Å²) in [6, 6.07) is 7.19. The summed E-state index contributed by atoms with van der Waals surface area (Å²) in [7, 11) is 0. The summed E-state index contributed by atoms with van der Waals surface area (Å²) in [4.78, 5) is 29.5. The number of unbranched alkanes of at least 4 members (excludes halogenated alkanes) is 1. The van der Waals surface area contributed by atoms with Crippen LogP contribution in [-0.2, 0) is 20.7 Å². The molecule has 24 heavy (non-hydrogen) atoms. The maximum atomic E-state index is 12.3. The van der Waals surface area contributed by atoms with E-state index in [2.05, 4.69) is 11.1 Å². The number of aryl methyl sites for hydroxylation is 1. The lowest BCUT2D eigenvalue weighted by Crippen LogP contribution is -2.52. The van der Waals surface area contributed by atoms with E-state index in [1.54, 1.807) is 11.3 Å². The van der Waals surface area contributed by atoms with E-state index < -0.39 is 12.0 Å². The molecule has 1 saturated heterocycles. The smallest absolute Gasteiger partial charge is 0.328 e. The largest absolute Gasteiger partial charge is 0.480 e. The zero-order valence-corrected chi connectivity index (χ0v) is 14.1. The first-order valence-corrected chi connectivity index (χ1v) is 8.91. The number of para-hydroxylation sites is 1. The molecule has 1 aliphatic heterocycles. The van der Waals surface area contributed by atoms with Crippen LogP contribution >= 0.6 is 11.3 Å². The number of ether oxygens (including phenoxy) is 1. The predicted octanol–water partition coefficient (Wildman–Crippen LogP) is 2.32. The Hall–Kier alpha value is -1.99. The molecular formula is C17H20N2O4S. The van der Waals surface area contributed by atoms with Gasteiger partial charge in [-0.25, -0.2) is 9.78 Å². The van der Waals surface area contributed by atoms with Crippen LogP contribution < -0.4 is 0 Å². The van der Waals surface area contributed by atoms with Crippen molar-refractivity contribution >= 4 is 33.4 Å². The molecule has 1 atom stereocenters. The number of benzene rings is 1. The second kappa shape index (κ2) is 7.72. The number of carbonyl (C=O) groups excluding carboxylic acids is 1. The monoisotopic (exact) mass is 348 g/mol. The molecule has 3 rings (SSSR count). The van der Waals surface area contributed by atoms with Crippen LogP contribution in [0.3, 0.4) is 0 Å². The van der Waals surface area contributed by atoms with Gasteiger partial charge in [-0.1, -0.05) is 12.1 Å². The van der Waals surface area contributed by atoms with Crippen molar-refractivity contribution < 1.29 is 19.4 Å². The van der Waals surface area contributed by atoms with Crippen LogP contribution in [0.1, 0.15) is 24.3 Å². The third-order valence-corrected chi connectivity index (χ3v) is 5.20. The highest BCUT2D eigenvalue weighted by Crippen LogP contribution is 2.23. The van der Waals surface area contributed by atoms with Crippen LogP contribution in [0.4, 0.5) is 0 Å². The number of fused-ring (bicyclic) bond motifs is 1. The second-order valence-corrected chi connectivity index (χ2v) is 6.91. The molecule has 1 aliphatic rings. The van der Waals surface area contributed by atoms with Crippen molar-refractivity contribution in [3.8, 4) is 0 Å². The number of amides is 1. The first-order valence-electron chi connectivity index (χ1n) is 8.09. The van der Waals surface area contributed by atoms with Gasteiger partial charge in [0, 0.05) is 13.0 Å². The topological polar surface area (TPSA) is 79.7 Å². The van der Waals surface area contributed by atoms with Gasteiger partial charge >= 0.3 is 5.97 Å². The summed E-state index contributed by atoms with van der Waals surface area (Å²) in [5, 5.41) is 10.2. The minimum Gasteiger partial charge on any atom is -0.480 e. The maximum absolute atomic E-state index is 12.3. The van der Waals surface area contributed by atoms with Gasteiger partial charge in [-0.2, -0.15) is 0 Å². The fourth-order valence-corrected chi connectivity index (χ4v) is 3.84. The molecular weight excluding hydrogens is 328 g/mol. The maximum Gasteiger partial charge on any atom is 0.328 e. The van der Waals surface area contributed by atoms with Crippen molar-refractivity contribution in [3.63, 3.8) is 0 Å². The summed E-state index contributed by atoms with van der Waals surface area (Å²) >= 11 is 1.69. The highest BCUT2D eigenvalue weighted by Gasteiger charge is 2.32. The Labute approximate surface area is 144 Å². The number of hydrogen-bond acceptors (Lipinski definition) is 5. The zero-order valence-electron chi connectivity index (χ0n) is 13.3. The van der Waals surface area contributed by atoms with Gasteiger partial charge in [-0.3, -0.25) is 4.79 Å². The molecule has 1 amide bonds. The van der Waals surface area contributed by atoms with Crippen molar-refractivity contribution in [3.05, 3.63) is 29.3 Å². The molecule has 0 radical (unpaired) electrons. The number of morpholine rings is 1. The number of rotatable bonds is 6. The number of aliphatic carboxylic acids is 1. The average molecular weight is 348 g/mol. The van der Waals surface area contributed by atoms with Crippen molar-refractivity contribution in [2.75, 3.05) is 19.8 Å². The summed E-state index contributed by atoms with van der Waals surface area (Å²) in [5.41, 5.74) is 1.02. The lowest BCUT2D eigenvalue weighted by molar-refractivity contribution is -0.158. The summed E-state index contributed by atoms with van der Waals surface area (Å²) in [6.07, 6.45) is 2.82. The number of thiazole rings is 1. The lowest BCUT2D eigenvalue weighted by atomic mass is 10.1. The molecule has 1 fully saturated rings. The molecule has 0 saturated carbocycles. The quantitative estimate of drug-likeness (QED) is 0.811. The number of nitrogens with zero attached hydrogens (tertiary/aromatic N) is 2. The van der Waals surface area contributed by atoms with Crippen LogP contribution in [0.25, 0.3) is 10.2 Å². The normalized spacial score (nSPS) is 18.0. The Bertz CT molecular complexity index is 697. The highest BCUT2D eigenvalue weighted by molar-refractivity contribution is 7.18. The van der Waals surface area contributed by atoms with Crippen LogP contribution in [0.5, 0.6) is 0 Å². The first-order chi connectivity index (χ1) is 11.6. The third kappa shape index (κ3) is 3.91. The number of carboxylic acid groups (broad SMARTS) is 1. The minimum atomic E-state index is -1.00. The molecule has 2 aromatic rings. The fourth-order valence-electron chi connectivity index (χ4n) is 2.83. The van der Waals surface area contributed by atoms with Gasteiger partial charge in [0.25, 0.3) is 0 Å². The molecule has 7 heteroatoms. The van der Waals surface area contributed by atoms with Gasteiger partial charge in [0.2, 0.25) is 5.91 Å². The van der Waals surface area contributed by atoms with Crippen LogP contribution in [0, 0.1) is 0 Å². The van der Waals surface area contributed by atoms with Gasteiger partial charge in [0.05, 0.1) is 28.4 Å². The van der Waals surface area contributed by atoms with Crippen LogP contribution in [0.15, 0.2) is 24.3 Å². The van der Waals surface area contributed by atoms with Gasteiger partial charge in [0.1, 0.15) is 0 Å². The summed E-state index contributed by atoms with van der Waals surface area (Å²) in [6.45, 7) is 0.835. The van der Waals surface area contributed by atoms with Crippen LogP contribution in [-0.4, -0.2) is 52.7 Å². The predicted molar refractivity (Wildman–Crippen MR) is 91.1 cm³/mol. The van der Waals surface area contributed by atoms with E-state index in [4.69, 9.17) is 9.84 Å². The molecule has 0 spiro atoms. The Morgan fingerprint density at radius 3 is 2.96 bits per heavy atom. The van der Waals surface area contributed by atoms with E-state index in [9.17, 15) is 9.59 Å². The van der Waals surface area contributed by atoms with Crippen molar-refractivity contribution in [1.29, 1.82) is 0 Å². The Morgan fingerprint density at radius 2 is 2.17 bits per heavy atom. The van der Waals surface area contributed by atoms with Gasteiger partial charge < -0.3 is 14.7 Å². The number of carboxylic acids is 1. The number of carbonyl (C=O) groups is 2. The Kier molecular flexibility index (Phi) is 5.42. The Balaban J connectivity index is 1.47. The summed E-state index contributed by atoms with van der Waals surface area (Å²) in [5.74, 6) is -1.10. The molecule has 0 bridgehead atoms.